The van der Waals surface area contributed by atoms with Crippen molar-refractivity contribution < 1.29 is 29.0 Å². The number of nitrogens with zero attached hydrogens (tertiary/aromatic N) is 1. The molecule has 1 saturated heterocycles. The second-order valence-electron chi connectivity index (χ2n) is 8.58. The van der Waals surface area contributed by atoms with Crippen molar-refractivity contribution in [3.8, 4) is 5.75 Å². The highest BCUT2D eigenvalue weighted by Crippen LogP contribution is 2.41. The van der Waals surface area contributed by atoms with Crippen LogP contribution in [0.1, 0.15) is 46.8 Å². The Balaban J connectivity index is 1.85. The zero-order valence-corrected chi connectivity index (χ0v) is 21.0. The number of aliphatic carboxylic acids is 1. The van der Waals surface area contributed by atoms with Gasteiger partial charge >= 0.3 is 18.0 Å². The Morgan fingerprint density at radius 2 is 2.15 bits per heavy atom. The number of rotatable bonds is 10. The zero-order valence-electron chi connectivity index (χ0n) is 20.2. The number of esters is 1. The highest BCUT2D eigenvalue weighted by Gasteiger charge is 2.32. The third kappa shape index (κ3) is 5.85. The van der Waals surface area contributed by atoms with Crippen LogP contribution < -0.4 is 15.4 Å². The topological polar surface area (TPSA) is 117 Å². The number of carbonyl (C=O) groups excluding carboxylic acids is 2. The molecule has 10 heteroatoms. The van der Waals surface area contributed by atoms with Crippen molar-refractivity contribution in [2.24, 2.45) is 5.92 Å². The number of ether oxygens (including phenoxy) is 2. The van der Waals surface area contributed by atoms with Crippen molar-refractivity contribution in [2.45, 2.75) is 39.7 Å². The average molecular weight is 492 g/mol. The number of thioether (sulfide) groups is 1. The number of benzene rings is 1. The lowest BCUT2D eigenvalue weighted by molar-refractivity contribution is -0.142. The summed E-state index contributed by atoms with van der Waals surface area (Å²) in [6.07, 6.45) is 3.34. The molecule has 0 bridgehead atoms. The normalized spacial score (nSPS) is 16.7. The minimum Gasteiger partial charge on any atom is -0.496 e. The summed E-state index contributed by atoms with van der Waals surface area (Å²) in [5.74, 6) is 0.883. The first-order valence-electron chi connectivity index (χ1n) is 11.3. The van der Waals surface area contributed by atoms with Crippen molar-refractivity contribution in [3.63, 3.8) is 0 Å². The van der Waals surface area contributed by atoms with E-state index in [9.17, 15) is 19.5 Å². The second kappa shape index (κ2) is 11.6. The molecule has 1 atom stereocenters. The summed E-state index contributed by atoms with van der Waals surface area (Å²) in [5.41, 5.74) is 3.78. The summed E-state index contributed by atoms with van der Waals surface area (Å²) in [6.45, 7) is 5.68. The lowest BCUT2D eigenvalue weighted by Gasteiger charge is -2.20. The van der Waals surface area contributed by atoms with Crippen LogP contribution >= 0.6 is 11.8 Å². The van der Waals surface area contributed by atoms with Gasteiger partial charge in [0.1, 0.15) is 12.4 Å². The minimum atomic E-state index is -0.796. The predicted molar refractivity (Wildman–Crippen MR) is 132 cm³/mol. The maximum absolute atomic E-state index is 12.5. The quantitative estimate of drug-likeness (QED) is 0.337. The molecule has 1 unspecified atom stereocenters. The van der Waals surface area contributed by atoms with Crippen molar-refractivity contribution in [1.29, 1.82) is 0 Å². The number of carboxylic acids is 1. The zero-order chi connectivity index (χ0) is 24.8. The van der Waals surface area contributed by atoms with Crippen LogP contribution in [0.25, 0.3) is 0 Å². The SMILES string of the molecule is CNC(=O)Nc1c(C/C=C(\C)CC(CCN2CCSC2)C(=O)O)c(OC)c(C)c2c1C(=O)OC2. The predicted octanol–water partition coefficient (Wildman–Crippen LogP) is 3.40. The van der Waals surface area contributed by atoms with Gasteiger partial charge in [0.05, 0.1) is 24.3 Å². The lowest BCUT2D eigenvalue weighted by Crippen LogP contribution is -2.26. The van der Waals surface area contributed by atoms with Gasteiger partial charge < -0.3 is 25.2 Å². The Morgan fingerprint density at radius 1 is 1.38 bits per heavy atom. The maximum atomic E-state index is 12.5. The Labute approximate surface area is 204 Å². The summed E-state index contributed by atoms with van der Waals surface area (Å²) in [7, 11) is 3.04. The van der Waals surface area contributed by atoms with Gasteiger partial charge in [0, 0.05) is 36.3 Å². The number of fused-ring (bicyclic) bond motifs is 1. The fourth-order valence-corrected chi connectivity index (χ4v) is 5.43. The Bertz CT molecular complexity index is 988. The van der Waals surface area contributed by atoms with E-state index < -0.39 is 23.9 Å². The smallest absolute Gasteiger partial charge is 0.341 e. The number of nitrogens with one attached hydrogen (secondary N) is 2. The molecule has 2 aliphatic heterocycles. The molecule has 2 heterocycles. The summed E-state index contributed by atoms with van der Waals surface area (Å²) in [4.78, 5) is 38.8. The van der Waals surface area contributed by atoms with Crippen LogP contribution in [0.15, 0.2) is 11.6 Å². The van der Waals surface area contributed by atoms with Gasteiger partial charge in [-0.1, -0.05) is 11.6 Å². The third-order valence-electron chi connectivity index (χ3n) is 6.33. The number of hydrogen-bond acceptors (Lipinski definition) is 7. The van der Waals surface area contributed by atoms with E-state index in [2.05, 4.69) is 15.5 Å². The number of urea groups is 1. The van der Waals surface area contributed by atoms with Crippen molar-refractivity contribution >= 4 is 35.4 Å². The number of anilines is 1. The number of methoxy groups -OCH3 is 1. The maximum Gasteiger partial charge on any atom is 0.341 e. The molecule has 2 amide bonds. The largest absolute Gasteiger partial charge is 0.496 e. The van der Waals surface area contributed by atoms with E-state index in [0.29, 0.717) is 47.4 Å². The molecule has 0 radical (unpaired) electrons. The molecule has 186 valence electrons. The van der Waals surface area contributed by atoms with E-state index in [0.717, 1.165) is 35.9 Å². The second-order valence-corrected chi connectivity index (χ2v) is 9.66. The van der Waals surface area contributed by atoms with Gasteiger partial charge in [0.15, 0.2) is 0 Å². The summed E-state index contributed by atoms with van der Waals surface area (Å²) in [6, 6.07) is -0.458. The average Bonchev–Trinajstić information content (AvgIpc) is 3.46. The molecule has 3 N–H and O–H groups in total. The first-order chi connectivity index (χ1) is 16.3. The number of allylic oxidation sites excluding steroid dienone is 2. The van der Waals surface area contributed by atoms with Crippen LogP contribution in [0.3, 0.4) is 0 Å². The lowest BCUT2D eigenvalue weighted by atomic mass is 9.92. The Morgan fingerprint density at radius 3 is 2.76 bits per heavy atom. The van der Waals surface area contributed by atoms with Gasteiger partial charge in [0.25, 0.3) is 0 Å². The monoisotopic (exact) mass is 491 g/mol. The molecule has 1 fully saturated rings. The van der Waals surface area contributed by atoms with Gasteiger partial charge in [-0.15, -0.1) is 11.8 Å². The molecule has 1 aromatic rings. The highest BCUT2D eigenvalue weighted by atomic mass is 32.2. The molecule has 1 aromatic carbocycles. The fourth-order valence-electron chi connectivity index (χ4n) is 4.39. The van der Waals surface area contributed by atoms with Crippen molar-refractivity contribution in [1.82, 2.24) is 10.2 Å². The van der Waals surface area contributed by atoms with Crippen LogP contribution in [0.4, 0.5) is 10.5 Å². The first-order valence-corrected chi connectivity index (χ1v) is 12.5. The van der Waals surface area contributed by atoms with Gasteiger partial charge in [-0.05, 0) is 45.2 Å². The molecule has 0 saturated carbocycles. The van der Waals surface area contributed by atoms with Crippen molar-refractivity contribution in [3.05, 3.63) is 33.9 Å². The Hall–Kier alpha value is -2.72. The van der Waals surface area contributed by atoms with E-state index in [1.807, 2.05) is 31.7 Å². The molecule has 34 heavy (non-hydrogen) atoms. The summed E-state index contributed by atoms with van der Waals surface area (Å²) < 4.78 is 10.9. The van der Waals surface area contributed by atoms with E-state index in [-0.39, 0.29) is 6.61 Å². The van der Waals surface area contributed by atoms with E-state index in [4.69, 9.17) is 9.47 Å². The van der Waals surface area contributed by atoms with Crippen molar-refractivity contribution in [2.75, 3.05) is 44.2 Å². The van der Waals surface area contributed by atoms with Crippen LogP contribution in [-0.2, 0) is 22.6 Å². The minimum absolute atomic E-state index is 0.129. The van der Waals surface area contributed by atoms with E-state index in [1.165, 1.54) is 7.05 Å². The molecular formula is C24H33N3O6S. The number of carboxylic acid groups (broad SMARTS) is 1. The first kappa shape index (κ1) is 25.9. The van der Waals surface area contributed by atoms with Crippen LogP contribution in [0.5, 0.6) is 5.75 Å². The van der Waals surface area contributed by atoms with Gasteiger partial charge in [0.2, 0.25) is 0 Å². The van der Waals surface area contributed by atoms with Crippen LogP contribution in [0.2, 0.25) is 0 Å². The Kier molecular flexibility index (Phi) is 8.84. The third-order valence-corrected chi connectivity index (χ3v) is 7.35. The molecule has 2 aliphatic rings. The number of carbonyl (C=O) groups is 3. The molecular weight excluding hydrogens is 458 g/mol. The van der Waals surface area contributed by atoms with Gasteiger partial charge in [-0.3, -0.25) is 9.69 Å². The summed E-state index contributed by atoms with van der Waals surface area (Å²) >= 11 is 1.87. The number of hydrogen-bond donors (Lipinski definition) is 3. The molecule has 3 rings (SSSR count). The highest BCUT2D eigenvalue weighted by molar-refractivity contribution is 7.99. The van der Waals surface area contributed by atoms with Gasteiger partial charge in [-0.25, -0.2) is 9.59 Å². The number of cyclic esters (lactones) is 1. The molecule has 0 spiro atoms. The molecule has 0 aromatic heterocycles. The molecule has 9 nitrogen and oxygen atoms in total. The van der Waals surface area contributed by atoms with Gasteiger partial charge in [-0.2, -0.15) is 0 Å². The summed E-state index contributed by atoms with van der Waals surface area (Å²) in [5, 5.41) is 15.0. The fraction of sp³-hybridized carbons (Fsp3) is 0.542. The van der Waals surface area contributed by atoms with E-state index >= 15 is 0 Å². The standard InChI is InChI=1S/C24H33N3O6S/c1-14(11-16(22(28)29)7-8-27-9-10-34-13-27)5-6-17-20(26-24(31)25-3)19-18(12-33-23(19)30)15(2)21(17)32-4/h5,16H,6-13H2,1-4H3,(H,28,29)(H2,25,26,31)/b14-5+. The van der Waals surface area contributed by atoms with E-state index in [1.54, 1.807) is 7.11 Å². The number of amides is 2. The molecule has 0 aliphatic carbocycles. The van der Waals surface area contributed by atoms with Crippen LogP contribution in [0, 0.1) is 12.8 Å². The van der Waals surface area contributed by atoms with Crippen LogP contribution in [-0.4, -0.2) is 66.9 Å².